The molecule has 2 fully saturated rings. The molecule has 0 unspecified atom stereocenters. The number of fused-ring (bicyclic) bond motifs is 4. The summed E-state index contributed by atoms with van der Waals surface area (Å²) in [5.41, 5.74) is 3.57. The summed E-state index contributed by atoms with van der Waals surface area (Å²) in [4.78, 5) is 45.3. The number of amides is 3. The van der Waals surface area contributed by atoms with Crippen LogP contribution in [-0.2, 0) is 16.0 Å². The Morgan fingerprint density at radius 2 is 1.89 bits per heavy atom. The van der Waals surface area contributed by atoms with Crippen LogP contribution in [0.2, 0.25) is 0 Å². The molecule has 0 bridgehead atoms. The minimum atomic E-state index is -0.734. The van der Waals surface area contributed by atoms with Gasteiger partial charge in [0.15, 0.2) is 0 Å². The molecule has 1 saturated carbocycles. The quantitative estimate of drug-likeness (QED) is 0.495. The van der Waals surface area contributed by atoms with Crippen molar-refractivity contribution in [1.82, 2.24) is 20.5 Å². The van der Waals surface area contributed by atoms with Crippen LogP contribution < -0.4 is 10.6 Å². The van der Waals surface area contributed by atoms with Crippen molar-refractivity contribution in [3.05, 3.63) is 71.4 Å². The van der Waals surface area contributed by atoms with Gasteiger partial charge in [0, 0.05) is 39.9 Å². The number of nitrogens with zero attached hydrogens (tertiary/aromatic N) is 1. The van der Waals surface area contributed by atoms with E-state index in [0.717, 1.165) is 34.9 Å². The maximum atomic E-state index is 13.8. The molecule has 1 aliphatic carbocycles. The van der Waals surface area contributed by atoms with Gasteiger partial charge in [-0.25, -0.2) is 0 Å². The van der Waals surface area contributed by atoms with Gasteiger partial charge in [-0.2, -0.15) is 0 Å². The van der Waals surface area contributed by atoms with Crippen molar-refractivity contribution in [2.45, 2.75) is 61.4 Å². The Kier molecular flexibility index (Phi) is 5.18. The normalized spacial score (nSPS) is 23.1. The van der Waals surface area contributed by atoms with Crippen LogP contribution in [0.4, 0.5) is 0 Å². The van der Waals surface area contributed by atoms with E-state index < -0.39 is 16.8 Å². The SMILES string of the molecule is CC1(C)S[C@@H]2c3ccccc3C(=O)N2[C@@H]1C(=O)N[C@H](Cc1c[nH]c2ccccc12)C(=O)NC1CC1. The van der Waals surface area contributed by atoms with Crippen molar-refractivity contribution < 1.29 is 14.4 Å². The second kappa shape index (κ2) is 8.16. The molecule has 0 spiro atoms. The molecular weight excluding hydrogens is 460 g/mol. The zero-order chi connectivity index (χ0) is 24.3. The summed E-state index contributed by atoms with van der Waals surface area (Å²) in [6.07, 6.45) is 4.20. The maximum Gasteiger partial charge on any atom is 0.256 e. The Hall–Kier alpha value is -3.26. The van der Waals surface area contributed by atoms with Crippen molar-refractivity contribution in [3.63, 3.8) is 0 Å². The minimum absolute atomic E-state index is 0.126. The predicted octanol–water partition coefficient (Wildman–Crippen LogP) is 3.52. The summed E-state index contributed by atoms with van der Waals surface area (Å²) in [7, 11) is 0. The number of aromatic amines is 1. The summed E-state index contributed by atoms with van der Waals surface area (Å²) in [6, 6.07) is 14.3. The van der Waals surface area contributed by atoms with Crippen molar-refractivity contribution in [2.75, 3.05) is 0 Å². The Balaban J connectivity index is 1.28. The van der Waals surface area contributed by atoms with E-state index in [-0.39, 0.29) is 29.1 Å². The average molecular weight is 489 g/mol. The van der Waals surface area contributed by atoms with Crippen LogP contribution in [0.15, 0.2) is 54.7 Å². The van der Waals surface area contributed by atoms with Gasteiger partial charge in [0.2, 0.25) is 11.8 Å². The molecule has 3 aromatic rings. The molecule has 3 amide bonds. The van der Waals surface area contributed by atoms with E-state index in [2.05, 4.69) is 15.6 Å². The summed E-state index contributed by atoms with van der Waals surface area (Å²) >= 11 is 1.62. The zero-order valence-electron chi connectivity index (χ0n) is 19.7. The molecule has 3 heterocycles. The van der Waals surface area contributed by atoms with Gasteiger partial charge < -0.3 is 20.5 Å². The number of hydrogen-bond donors (Lipinski definition) is 3. The summed E-state index contributed by atoms with van der Waals surface area (Å²) < 4.78 is -0.504. The van der Waals surface area contributed by atoms with E-state index in [1.807, 2.05) is 68.6 Å². The highest BCUT2D eigenvalue weighted by atomic mass is 32.2. The molecule has 0 radical (unpaired) electrons. The van der Waals surface area contributed by atoms with Gasteiger partial charge >= 0.3 is 0 Å². The highest BCUT2D eigenvalue weighted by molar-refractivity contribution is 8.01. The van der Waals surface area contributed by atoms with Crippen molar-refractivity contribution in [3.8, 4) is 0 Å². The molecule has 3 aliphatic rings. The highest BCUT2D eigenvalue weighted by Gasteiger charge is 2.57. The fraction of sp³-hybridized carbons (Fsp3) is 0.370. The lowest BCUT2D eigenvalue weighted by Crippen LogP contribution is -2.57. The van der Waals surface area contributed by atoms with Gasteiger partial charge in [0.25, 0.3) is 5.91 Å². The van der Waals surface area contributed by atoms with Crippen LogP contribution >= 0.6 is 11.8 Å². The van der Waals surface area contributed by atoms with Crippen molar-refractivity contribution in [1.29, 1.82) is 0 Å². The fourth-order valence-corrected chi connectivity index (χ4v) is 6.90. The monoisotopic (exact) mass is 488 g/mol. The maximum absolute atomic E-state index is 13.8. The Morgan fingerprint density at radius 1 is 1.14 bits per heavy atom. The van der Waals surface area contributed by atoms with Crippen LogP contribution in [0, 0.1) is 0 Å². The number of benzene rings is 2. The molecule has 1 aromatic heterocycles. The first kappa shape index (κ1) is 22.2. The van der Waals surface area contributed by atoms with E-state index >= 15 is 0 Å². The molecule has 8 heteroatoms. The largest absolute Gasteiger partial charge is 0.361 e. The standard InChI is InChI=1S/C27H28N4O3S/c1-27(2)22(31-25(34)18-8-3-4-9-19(18)26(31)35-27)24(33)30-21(23(32)29-16-11-12-16)13-15-14-28-20-10-6-5-7-17(15)20/h3-10,14,16,21-22,26,28H,11-13H2,1-2H3,(H,29,32)(H,30,33)/t21-,22-,26-/m1/s1. The molecule has 2 aliphatic heterocycles. The fourth-order valence-electron chi connectivity index (χ4n) is 5.31. The van der Waals surface area contributed by atoms with Gasteiger partial charge in [-0.05, 0) is 49.9 Å². The number of nitrogens with one attached hydrogen (secondary N) is 3. The molecule has 1 saturated heterocycles. The highest BCUT2D eigenvalue weighted by Crippen LogP contribution is 2.56. The lowest BCUT2D eigenvalue weighted by Gasteiger charge is -2.31. The molecular formula is C27H28N4O3S. The van der Waals surface area contributed by atoms with Crippen LogP contribution in [0.25, 0.3) is 10.9 Å². The number of aromatic nitrogens is 1. The molecule has 3 atom stereocenters. The Morgan fingerprint density at radius 3 is 2.69 bits per heavy atom. The van der Waals surface area contributed by atoms with Crippen molar-refractivity contribution >= 4 is 40.4 Å². The summed E-state index contributed by atoms with van der Waals surface area (Å²) in [5.74, 6) is -0.594. The first-order valence-electron chi connectivity index (χ1n) is 12.1. The number of carbonyl (C=O) groups excluding carboxylic acids is 3. The molecule has 7 nitrogen and oxygen atoms in total. The lowest BCUT2D eigenvalue weighted by molar-refractivity contribution is -0.131. The number of rotatable bonds is 6. The smallest absolute Gasteiger partial charge is 0.256 e. The van der Waals surface area contributed by atoms with Gasteiger partial charge in [-0.1, -0.05) is 36.4 Å². The molecule has 2 aromatic carbocycles. The zero-order valence-corrected chi connectivity index (χ0v) is 20.5. The van der Waals surface area contributed by atoms with E-state index in [1.54, 1.807) is 16.7 Å². The number of thioether (sulfide) groups is 1. The molecule has 35 heavy (non-hydrogen) atoms. The third kappa shape index (κ3) is 3.80. The van der Waals surface area contributed by atoms with Crippen LogP contribution in [0.5, 0.6) is 0 Å². The van der Waals surface area contributed by atoms with Crippen LogP contribution in [-0.4, -0.2) is 50.5 Å². The van der Waals surface area contributed by atoms with E-state index in [0.29, 0.717) is 12.0 Å². The predicted molar refractivity (Wildman–Crippen MR) is 136 cm³/mol. The minimum Gasteiger partial charge on any atom is -0.361 e. The topological polar surface area (TPSA) is 94.3 Å². The van der Waals surface area contributed by atoms with Crippen LogP contribution in [0.3, 0.4) is 0 Å². The number of para-hydroxylation sites is 1. The van der Waals surface area contributed by atoms with Crippen LogP contribution in [0.1, 0.15) is 53.5 Å². The van der Waals surface area contributed by atoms with E-state index in [4.69, 9.17) is 0 Å². The molecule has 180 valence electrons. The van der Waals surface area contributed by atoms with Gasteiger partial charge in [0.1, 0.15) is 17.5 Å². The number of H-pyrrole nitrogens is 1. The molecule has 6 rings (SSSR count). The Labute approximate surface area is 208 Å². The molecule has 3 N–H and O–H groups in total. The lowest BCUT2D eigenvalue weighted by atomic mass is 9.99. The van der Waals surface area contributed by atoms with Gasteiger partial charge in [-0.3, -0.25) is 14.4 Å². The first-order chi connectivity index (χ1) is 16.8. The summed E-state index contributed by atoms with van der Waals surface area (Å²) in [5, 5.41) is 6.93. The second-order valence-electron chi connectivity index (χ2n) is 10.2. The first-order valence-corrected chi connectivity index (χ1v) is 13.0. The summed E-state index contributed by atoms with van der Waals surface area (Å²) in [6.45, 7) is 3.99. The Bertz CT molecular complexity index is 1340. The second-order valence-corrected chi connectivity index (χ2v) is 11.9. The number of hydrogen-bond acceptors (Lipinski definition) is 4. The van der Waals surface area contributed by atoms with Gasteiger partial charge in [0.05, 0.1) is 0 Å². The third-order valence-electron chi connectivity index (χ3n) is 7.20. The van der Waals surface area contributed by atoms with E-state index in [9.17, 15) is 14.4 Å². The third-order valence-corrected chi connectivity index (χ3v) is 8.74. The van der Waals surface area contributed by atoms with Gasteiger partial charge in [-0.15, -0.1) is 11.8 Å². The van der Waals surface area contributed by atoms with E-state index in [1.165, 1.54) is 0 Å². The number of carbonyl (C=O) groups is 3. The average Bonchev–Trinajstić information content (AvgIpc) is 3.41. The van der Waals surface area contributed by atoms with Crippen molar-refractivity contribution in [2.24, 2.45) is 0 Å².